The number of likely N-dealkylation sites (tertiary alicyclic amines) is 2. The molecule has 2 heterocycles. The van der Waals surface area contributed by atoms with Gasteiger partial charge in [-0.05, 0) is 158 Å². The second kappa shape index (κ2) is 19.9. The Morgan fingerprint density at radius 3 is 1.02 bits per heavy atom. The van der Waals surface area contributed by atoms with Crippen LogP contribution in [0.3, 0.4) is 0 Å². The van der Waals surface area contributed by atoms with Crippen molar-refractivity contribution in [2.24, 2.45) is 19.6 Å². The Hall–Kier alpha value is -1.47. The Balaban J connectivity index is 0.000000340. The van der Waals surface area contributed by atoms with Gasteiger partial charge in [0.15, 0.2) is 16.6 Å². The largest absolute Gasteiger partial charge is 0.444 e. The molecule has 16 heteroatoms. The molecule has 2 aliphatic heterocycles. The summed E-state index contributed by atoms with van der Waals surface area (Å²) in [7, 11) is -6.46. The van der Waals surface area contributed by atoms with Crippen LogP contribution >= 0.6 is 0 Å². The fourth-order valence-electron chi connectivity index (χ4n) is 8.08. The monoisotopic (exact) mass is 973 g/mol. The summed E-state index contributed by atoms with van der Waals surface area (Å²) < 4.78 is 59.4. The molecule has 0 aromatic heterocycles. The maximum atomic E-state index is 12.9. The van der Waals surface area contributed by atoms with Crippen LogP contribution in [0.4, 0.5) is 9.59 Å². The molecule has 2 spiro atoms. The number of rotatable bonds is 6. The molecule has 0 N–H and O–H groups in total. The fourth-order valence-corrected chi connectivity index (χ4v) is 12.3. The first-order chi connectivity index (χ1) is 28.5. The number of ether oxygens (including phenoxy) is 2. The second-order valence-electron chi connectivity index (χ2n) is 26.1. The van der Waals surface area contributed by atoms with E-state index in [-0.39, 0.29) is 45.3 Å². The van der Waals surface area contributed by atoms with E-state index < -0.39 is 59.3 Å². The molecule has 0 bridgehead atoms. The molecule has 2 saturated carbocycles. The van der Waals surface area contributed by atoms with E-state index >= 15 is 0 Å². The summed E-state index contributed by atoms with van der Waals surface area (Å²) in [5.41, 5.74) is 0.756. The van der Waals surface area contributed by atoms with Crippen molar-refractivity contribution in [1.82, 2.24) is 9.80 Å². The highest BCUT2D eigenvalue weighted by Gasteiger charge is 2.52. The highest BCUT2D eigenvalue weighted by atomic mass is 32.2. The first kappa shape index (κ1) is 56.9. The van der Waals surface area contributed by atoms with Gasteiger partial charge in [-0.15, -0.1) is 0 Å². The lowest BCUT2D eigenvalue weighted by Crippen LogP contribution is -2.47. The van der Waals surface area contributed by atoms with Crippen LogP contribution in [-0.4, -0.2) is 118 Å². The van der Waals surface area contributed by atoms with Gasteiger partial charge in [-0.1, -0.05) is 41.5 Å². The van der Waals surface area contributed by atoms with Gasteiger partial charge in [0.1, 0.15) is 33.2 Å². The van der Waals surface area contributed by atoms with Crippen molar-refractivity contribution in [3.8, 4) is 0 Å². The van der Waals surface area contributed by atoms with Crippen LogP contribution in [0.2, 0.25) is 36.3 Å². The standard InChI is InChI=1S/2C24H46N2O4SSi/c2*1-21(2,3)29-20(27)26-14-12-24(13-15-26)17-18(30-32(10,11)23(7,8)9)16-19(24)25-31(28)22(4,5)6/h2*18H,12-17H2,1-11H3/t18-,31+;18-,31-/m01/s1. The van der Waals surface area contributed by atoms with Crippen molar-refractivity contribution >= 4 is 62.2 Å². The summed E-state index contributed by atoms with van der Waals surface area (Å²) in [5.74, 6) is 0. The van der Waals surface area contributed by atoms with E-state index in [9.17, 15) is 18.0 Å². The van der Waals surface area contributed by atoms with Crippen LogP contribution in [0.1, 0.15) is 176 Å². The summed E-state index contributed by atoms with van der Waals surface area (Å²) in [6.45, 7) is 48.3. The zero-order valence-corrected chi connectivity index (χ0v) is 48.1. The van der Waals surface area contributed by atoms with E-state index in [2.05, 4.69) is 67.7 Å². The number of hydrogen-bond donors (Lipinski definition) is 0. The van der Waals surface area contributed by atoms with Crippen molar-refractivity contribution in [3.05, 3.63) is 0 Å². The van der Waals surface area contributed by atoms with Gasteiger partial charge in [0.25, 0.3) is 0 Å². The number of hydrogen-bond acceptors (Lipinski definition) is 8. The molecule has 0 unspecified atom stereocenters. The first-order valence-electron chi connectivity index (χ1n) is 23.8. The topological polar surface area (TPSA) is 136 Å². The molecule has 0 aromatic carbocycles. The Bertz CT molecular complexity index is 1630. The van der Waals surface area contributed by atoms with Gasteiger partial charge in [-0.25, -0.2) is 18.0 Å². The lowest BCUT2D eigenvalue weighted by molar-refractivity contribution is 0.0131. The zero-order valence-electron chi connectivity index (χ0n) is 44.5. The molecule has 4 atom stereocenters. The number of carbonyl (C=O) groups excluding carboxylic acids is 2. The lowest BCUT2D eigenvalue weighted by Gasteiger charge is -2.41. The number of piperidine rings is 2. The predicted molar refractivity (Wildman–Crippen MR) is 272 cm³/mol. The molecular weight excluding hydrogens is 881 g/mol. The van der Waals surface area contributed by atoms with Crippen LogP contribution in [0.25, 0.3) is 0 Å². The molecule has 372 valence electrons. The highest BCUT2D eigenvalue weighted by molar-refractivity contribution is 7.85. The summed E-state index contributed by atoms with van der Waals surface area (Å²) in [5, 5.41) is 0.267. The molecular formula is C48H92N4O8S2Si2. The Kier molecular flexibility index (Phi) is 17.6. The molecule has 0 radical (unpaired) electrons. The van der Waals surface area contributed by atoms with Crippen molar-refractivity contribution in [2.45, 2.75) is 245 Å². The van der Waals surface area contributed by atoms with Gasteiger partial charge in [0.2, 0.25) is 0 Å². The zero-order chi connectivity index (χ0) is 49.5. The maximum Gasteiger partial charge on any atom is 0.410 e. The molecule has 2 amide bonds. The maximum absolute atomic E-state index is 12.9. The van der Waals surface area contributed by atoms with Gasteiger partial charge in [0, 0.05) is 61.3 Å². The summed E-state index contributed by atoms with van der Waals surface area (Å²) in [4.78, 5) is 28.8. The number of carbonyl (C=O) groups is 2. The average molecular weight is 974 g/mol. The number of nitrogens with zero attached hydrogens (tertiary/aromatic N) is 4. The third kappa shape index (κ3) is 15.3. The normalized spacial score (nSPS) is 24.8. The molecule has 2 saturated heterocycles. The van der Waals surface area contributed by atoms with Crippen LogP contribution in [0.5, 0.6) is 0 Å². The van der Waals surface area contributed by atoms with Crippen molar-refractivity contribution in [2.75, 3.05) is 26.2 Å². The summed E-state index contributed by atoms with van der Waals surface area (Å²) >= 11 is 0. The molecule has 4 fully saturated rings. The minimum absolute atomic E-state index is 0.0969. The van der Waals surface area contributed by atoms with Gasteiger partial charge in [0.05, 0.1) is 21.7 Å². The molecule has 4 aliphatic rings. The van der Waals surface area contributed by atoms with Gasteiger partial charge < -0.3 is 28.1 Å². The Morgan fingerprint density at radius 1 is 0.531 bits per heavy atom. The third-order valence-corrected chi connectivity index (χ3v) is 26.0. The SMILES string of the molecule is CC(C)(C)OC(=O)N1CCC2(CC1)C[C@@H](O[Si](C)(C)C(C)(C)C)CC2=N[S@](=O)C(C)(C)C.CC(C)(C)OC(=O)N1CCC2(CC1)C[C@H](O[Si](C)(C)C(C)(C)C)CC2=N[S@](=O)C(C)(C)C. The Labute approximate surface area is 397 Å². The summed E-state index contributed by atoms with van der Waals surface area (Å²) in [6, 6.07) is 0. The van der Waals surface area contributed by atoms with E-state index in [4.69, 9.17) is 27.1 Å². The first-order valence-corrected chi connectivity index (χ1v) is 31.9. The quantitative estimate of drug-likeness (QED) is 0.240. The van der Waals surface area contributed by atoms with E-state index in [1.165, 1.54) is 0 Å². The van der Waals surface area contributed by atoms with Gasteiger partial charge in [-0.3, -0.25) is 0 Å². The Morgan fingerprint density at radius 2 is 0.797 bits per heavy atom. The van der Waals surface area contributed by atoms with Gasteiger partial charge >= 0.3 is 12.2 Å². The van der Waals surface area contributed by atoms with E-state index in [1.807, 2.05) is 83.1 Å². The van der Waals surface area contributed by atoms with E-state index in [0.717, 1.165) is 62.8 Å². The smallest absolute Gasteiger partial charge is 0.410 e. The second-order valence-corrected chi connectivity index (χ2v) is 39.4. The minimum Gasteiger partial charge on any atom is -0.444 e. The molecule has 12 nitrogen and oxygen atoms in total. The minimum atomic E-state index is -1.93. The van der Waals surface area contributed by atoms with Crippen LogP contribution in [0, 0.1) is 10.8 Å². The van der Waals surface area contributed by atoms with Crippen LogP contribution in [-0.2, 0) is 40.3 Å². The third-order valence-electron chi connectivity index (χ3n) is 14.0. The van der Waals surface area contributed by atoms with E-state index in [0.29, 0.717) is 26.2 Å². The highest BCUT2D eigenvalue weighted by Crippen LogP contribution is 2.50. The van der Waals surface area contributed by atoms with Crippen molar-refractivity contribution in [3.63, 3.8) is 0 Å². The van der Waals surface area contributed by atoms with Crippen LogP contribution in [0.15, 0.2) is 8.80 Å². The molecule has 4 rings (SSSR count). The van der Waals surface area contributed by atoms with Crippen molar-refractivity contribution < 1.29 is 36.3 Å². The fraction of sp³-hybridized carbons (Fsp3) is 0.917. The molecule has 0 aromatic rings. The van der Waals surface area contributed by atoms with Gasteiger partial charge in [-0.2, -0.15) is 8.80 Å². The number of amides is 2. The average Bonchev–Trinajstić information content (AvgIpc) is 3.56. The van der Waals surface area contributed by atoms with Crippen molar-refractivity contribution in [1.29, 1.82) is 0 Å². The van der Waals surface area contributed by atoms with Crippen LogP contribution < -0.4 is 0 Å². The predicted octanol–water partition coefficient (Wildman–Crippen LogP) is 12.2. The molecule has 2 aliphatic carbocycles. The summed E-state index contributed by atoms with van der Waals surface area (Å²) in [6.07, 6.45) is 6.18. The molecule has 64 heavy (non-hydrogen) atoms. The lowest BCUT2D eigenvalue weighted by atomic mass is 9.76. The van der Waals surface area contributed by atoms with E-state index in [1.54, 1.807) is 9.80 Å².